The van der Waals surface area contributed by atoms with Crippen LogP contribution in [0, 0.1) is 5.92 Å². The number of hydrogen-bond acceptors (Lipinski definition) is 3. The fourth-order valence-electron chi connectivity index (χ4n) is 1.98. The van der Waals surface area contributed by atoms with E-state index in [0.717, 1.165) is 12.0 Å². The fraction of sp³-hybridized carbons (Fsp3) is 0.562. The molecule has 0 spiro atoms. The highest BCUT2D eigenvalue weighted by Gasteiger charge is 2.15. The molecule has 4 nitrogen and oxygen atoms in total. The summed E-state index contributed by atoms with van der Waals surface area (Å²) in [4.78, 5) is 11.9. The highest BCUT2D eigenvalue weighted by molar-refractivity contribution is 5.77. The summed E-state index contributed by atoms with van der Waals surface area (Å²) >= 11 is 0. The van der Waals surface area contributed by atoms with Crippen molar-refractivity contribution in [2.75, 3.05) is 26.9 Å². The van der Waals surface area contributed by atoms with E-state index in [1.807, 2.05) is 30.3 Å². The zero-order valence-electron chi connectivity index (χ0n) is 12.6. The first-order chi connectivity index (χ1) is 9.63. The Labute approximate surface area is 121 Å². The van der Waals surface area contributed by atoms with Crippen LogP contribution in [-0.4, -0.2) is 32.8 Å². The SMILES string of the molecule is COCCOCC(=O)NC(CC(C)C)c1ccccc1. The second-order valence-corrected chi connectivity index (χ2v) is 5.21. The minimum atomic E-state index is -0.0874. The summed E-state index contributed by atoms with van der Waals surface area (Å²) in [7, 11) is 1.61. The smallest absolute Gasteiger partial charge is 0.246 e. The lowest BCUT2D eigenvalue weighted by Crippen LogP contribution is -2.32. The molecule has 1 aromatic carbocycles. The Hall–Kier alpha value is -1.39. The number of ether oxygens (including phenoxy) is 2. The molecule has 0 radical (unpaired) electrons. The first-order valence-corrected chi connectivity index (χ1v) is 7.04. The highest BCUT2D eigenvalue weighted by Crippen LogP contribution is 2.20. The number of carbonyl (C=O) groups is 1. The third-order valence-electron chi connectivity index (χ3n) is 2.91. The van der Waals surface area contributed by atoms with Gasteiger partial charge in [-0.3, -0.25) is 4.79 Å². The Morgan fingerprint density at radius 3 is 2.50 bits per heavy atom. The maximum absolute atomic E-state index is 11.9. The van der Waals surface area contributed by atoms with E-state index in [1.165, 1.54) is 0 Å². The first-order valence-electron chi connectivity index (χ1n) is 7.04. The van der Waals surface area contributed by atoms with Gasteiger partial charge in [0.1, 0.15) is 6.61 Å². The van der Waals surface area contributed by atoms with Gasteiger partial charge in [0.15, 0.2) is 0 Å². The normalized spacial score (nSPS) is 12.4. The summed E-state index contributed by atoms with van der Waals surface area (Å²) in [5, 5.41) is 3.04. The molecule has 1 rings (SSSR count). The van der Waals surface area contributed by atoms with Crippen LogP contribution in [0.2, 0.25) is 0 Å². The highest BCUT2D eigenvalue weighted by atomic mass is 16.5. The van der Waals surface area contributed by atoms with E-state index < -0.39 is 0 Å². The van der Waals surface area contributed by atoms with E-state index in [4.69, 9.17) is 9.47 Å². The molecular weight excluding hydrogens is 254 g/mol. The summed E-state index contributed by atoms with van der Waals surface area (Å²) in [5.74, 6) is 0.422. The lowest BCUT2D eigenvalue weighted by molar-refractivity contribution is -0.127. The molecule has 0 heterocycles. The van der Waals surface area contributed by atoms with Crippen LogP contribution in [0.25, 0.3) is 0 Å². The maximum Gasteiger partial charge on any atom is 0.246 e. The molecule has 1 atom stereocenters. The molecule has 0 aliphatic heterocycles. The van der Waals surface area contributed by atoms with Crippen LogP contribution < -0.4 is 5.32 Å². The van der Waals surface area contributed by atoms with Crippen molar-refractivity contribution in [1.29, 1.82) is 0 Å². The molecule has 112 valence electrons. The lowest BCUT2D eigenvalue weighted by Gasteiger charge is -2.21. The molecule has 0 saturated heterocycles. The molecule has 0 saturated carbocycles. The van der Waals surface area contributed by atoms with Gasteiger partial charge in [0.05, 0.1) is 19.3 Å². The van der Waals surface area contributed by atoms with Crippen molar-refractivity contribution < 1.29 is 14.3 Å². The van der Waals surface area contributed by atoms with E-state index >= 15 is 0 Å². The van der Waals surface area contributed by atoms with Crippen LogP contribution in [0.15, 0.2) is 30.3 Å². The zero-order valence-corrected chi connectivity index (χ0v) is 12.6. The van der Waals surface area contributed by atoms with Crippen molar-refractivity contribution in [3.63, 3.8) is 0 Å². The van der Waals surface area contributed by atoms with Gasteiger partial charge in [0.2, 0.25) is 5.91 Å². The molecule has 0 bridgehead atoms. The van der Waals surface area contributed by atoms with E-state index in [-0.39, 0.29) is 18.6 Å². The third-order valence-corrected chi connectivity index (χ3v) is 2.91. The summed E-state index contributed by atoms with van der Waals surface area (Å²) in [6.07, 6.45) is 0.911. The Morgan fingerprint density at radius 2 is 1.90 bits per heavy atom. The third kappa shape index (κ3) is 6.68. The lowest BCUT2D eigenvalue weighted by atomic mass is 9.97. The molecular formula is C16H25NO3. The fourth-order valence-corrected chi connectivity index (χ4v) is 1.98. The molecule has 4 heteroatoms. The zero-order chi connectivity index (χ0) is 14.8. The minimum Gasteiger partial charge on any atom is -0.382 e. The van der Waals surface area contributed by atoms with Gasteiger partial charge in [0.25, 0.3) is 0 Å². The van der Waals surface area contributed by atoms with Crippen molar-refractivity contribution in [2.45, 2.75) is 26.3 Å². The monoisotopic (exact) mass is 279 g/mol. The number of amides is 1. The van der Waals surface area contributed by atoms with Crippen LogP contribution in [0.1, 0.15) is 31.9 Å². The molecule has 20 heavy (non-hydrogen) atoms. The summed E-state index contributed by atoms with van der Waals surface area (Å²) < 4.78 is 10.1. The molecule has 1 unspecified atom stereocenters. The summed E-state index contributed by atoms with van der Waals surface area (Å²) in [6, 6.07) is 10.1. The van der Waals surface area contributed by atoms with E-state index in [0.29, 0.717) is 19.1 Å². The average molecular weight is 279 g/mol. The van der Waals surface area contributed by atoms with Crippen molar-refractivity contribution in [2.24, 2.45) is 5.92 Å². The second kappa shape index (κ2) is 9.50. The van der Waals surface area contributed by atoms with Gasteiger partial charge in [-0.05, 0) is 17.9 Å². The van der Waals surface area contributed by atoms with Crippen LogP contribution in [-0.2, 0) is 14.3 Å². The van der Waals surface area contributed by atoms with Gasteiger partial charge in [-0.25, -0.2) is 0 Å². The predicted octanol–water partition coefficient (Wildman–Crippen LogP) is 2.55. The quantitative estimate of drug-likeness (QED) is 0.707. The molecule has 1 amide bonds. The van der Waals surface area contributed by atoms with Crippen molar-refractivity contribution in [1.82, 2.24) is 5.32 Å². The van der Waals surface area contributed by atoms with Gasteiger partial charge < -0.3 is 14.8 Å². The van der Waals surface area contributed by atoms with Crippen LogP contribution >= 0.6 is 0 Å². The minimum absolute atomic E-state index is 0.0368. The molecule has 0 aliphatic carbocycles. The molecule has 0 fully saturated rings. The standard InChI is InChI=1S/C16H25NO3/c1-13(2)11-15(14-7-5-4-6-8-14)17-16(18)12-20-10-9-19-3/h4-8,13,15H,9-12H2,1-3H3,(H,17,18). The number of rotatable bonds is 9. The number of benzene rings is 1. The van der Waals surface area contributed by atoms with E-state index in [1.54, 1.807) is 7.11 Å². The maximum atomic E-state index is 11.9. The topological polar surface area (TPSA) is 47.6 Å². The van der Waals surface area contributed by atoms with Gasteiger partial charge in [-0.15, -0.1) is 0 Å². The van der Waals surface area contributed by atoms with Gasteiger partial charge in [-0.1, -0.05) is 44.2 Å². The Morgan fingerprint density at radius 1 is 1.20 bits per heavy atom. The van der Waals surface area contributed by atoms with E-state index in [9.17, 15) is 4.79 Å². The van der Waals surface area contributed by atoms with E-state index in [2.05, 4.69) is 19.2 Å². The van der Waals surface area contributed by atoms with Crippen molar-refractivity contribution >= 4 is 5.91 Å². The first kappa shape index (κ1) is 16.7. The molecule has 1 aromatic rings. The van der Waals surface area contributed by atoms with Crippen LogP contribution in [0.5, 0.6) is 0 Å². The number of carbonyl (C=O) groups excluding carboxylic acids is 1. The van der Waals surface area contributed by atoms with Gasteiger partial charge in [-0.2, -0.15) is 0 Å². The summed E-state index contributed by atoms with van der Waals surface area (Å²) in [5.41, 5.74) is 1.13. The molecule has 1 N–H and O–H groups in total. The van der Waals surface area contributed by atoms with Gasteiger partial charge >= 0.3 is 0 Å². The summed E-state index contributed by atoms with van der Waals surface area (Å²) in [6.45, 7) is 5.31. The Balaban J connectivity index is 2.50. The van der Waals surface area contributed by atoms with Crippen LogP contribution in [0.4, 0.5) is 0 Å². The second-order valence-electron chi connectivity index (χ2n) is 5.21. The Kier molecular flexibility index (Phi) is 7.92. The Bertz CT molecular complexity index is 379. The van der Waals surface area contributed by atoms with Crippen molar-refractivity contribution in [3.05, 3.63) is 35.9 Å². The number of methoxy groups -OCH3 is 1. The molecule has 0 aromatic heterocycles. The average Bonchev–Trinajstić information content (AvgIpc) is 2.43. The molecule has 0 aliphatic rings. The largest absolute Gasteiger partial charge is 0.382 e. The van der Waals surface area contributed by atoms with Crippen molar-refractivity contribution in [3.8, 4) is 0 Å². The van der Waals surface area contributed by atoms with Crippen LogP contribution in [0.3, 0.4) is 0 Å². The number of hydrogen-bond donors (Lipinski definition) is 1. The number of nitrogens with one attached hydrogen (secondary N) is 1. The predicted molar refractivity (Wildman–Crippen MR) is 79.5 cm³/mol. The van der Waals surface area contributed by atoms with Gasteiger partial charge in [0, 0.05) is 7.11 Å².